The second-order valence-corrected chi connectivity index (χ2v) is 4.79. The molecule has 0 unspecified atom stereocenters. The van der Waals surface area contributed by atoms with Crippen molar-refractivity contribution in [1.29, 1.82) is 0 Å². The Labute approximate surface area is 124 Å². The van der Waals surface area contributed by atoms with Crippen molar-refractivity contribution in [3.8, 4) is 11.5 Å². The van der Waals surface area contributed by atoms with E-state index in [0.717, 1.165) is 11.3 Å². The first-order valence-corrected chi connectivity index (χ1v) is 6.77. The molecule has 4 heteroatoms. The van der Waals surface area contributed by atoms with Gasteiger partial charge in [0, 0.05) is 11.8 Å². The molecule has 0 saturated heterocycles. The third-order valence-corrected chi connectivity index (χ3v) is 3.04. The molecule has 0 fully saturated rings. The number of aryl methyl sites for hydroxylation is 1. The predicted molar refractivity (Wildman–Crippen MR) is 82.9 cm³/mol. The minimum absolute atomic E-state index is 0.193. The lowest BCUT2D eigenvalue weighted by Gasteiger charge is -2.15. The van der Waals surface area contributed by atoms with Crippen LogP contribution in [-0.4, -0.2) is 19.1 Å². The van der Waals surface area contributed by atoms with Crippen molar-refractivity contribution < 1.29 is 14.3 Å². The molecule has 4 nitrogen and oxygen atoms in total. The molecule has 1 N–H and O–H groups in total. The fraction of sp³-hybridized carbons (Fsp3) is 0.235. The number of ether oxygens (including phenoxy) is 2. The SMILES string of the molecule is COc1cccc(O[C@@H](C)C(=O)Nc2ccc(C)cc2)c1. The van der Waals surface area contributed by atoms with Gasteiger partial charge in [0.2, 0.25) is 0 Å². The summed E-state index contributed by atoms with van der Waals surface area (Å²) in [7, 11) is 1.59. The van der Waals surface area contributed by atoms with E-state index in [1.54, 1.807) is 26.2 Å². The molecule has 110 valence electrons. The Morgan fingerprint density at radius 1 is 1.10 bits per heavy atom. The van der Waals surface area contributed by atoms with Crippen LogP contribution in [0.25, 0.3) is 0 Å². The Hall–Kier alpha value is -2.49. The van der Waals surface area contributed by atoms with Crippen LogP contribution in [0.1, 0.15) is 12.5 Å². The number of anilines is 1. The van der Waals surface area contributed by atoms with Crippen LogP contribution in [0, 0.1) is 6.92 Å². The van der Waals surface area contributed by atoms with E-state index in [-0.39, 0.29) is 5.91 Å². The maximum absolute atomic E-state index is 12.1. The van der Waals surface area contributed by atoms with E-state index in [0.29, 0.717) is 11.5 Å². The number of hydrogen-bond donors (Lipinski definition) is 1. The highest BCUT2D eigenvalue weighted by molar-refractivity contribution is 5.94. The molecule has 0 spiro atoms. The monoisotopic (exact) mass is 285 g/mol. The van der Waals surface area contributed by atoms with Crippen molar-refractivity contribution >= 4 is 11.6 Å². The highest BCUT2D eigenvalue weighted by Gasteiger charge is 2.15. The average Bonchev–Trinajstić information content (AvgIpc) is 2.49. The van der Waals surface area contributed by atoms with Crippen molar-refractivity contribution in [1.82, 2.24) is 0 Å². The molecule has 0 aromatic heterocycles. The summed E-state index contributed by atoms with van der Waals surface area (Å²) in [5.74, 6) is 1.10. The fourth-order valence-electron chi connectivity index (χ4n) is 1.81. The number of carbonyl (C=O) groups is 1. The second kappa shape index (κ2) is 6.79. The van der Waals surface area contributed by atoms with Gasteiger partial charge < -0.3 is 14.8 Å². The molecule has 2 aromatic rings. The van der Waals surface area contributed by atoms with E-state index in [1.165, 1.54) is 0 Å². The van der Waals surface area contributed by atoms with Crippen molar-refractivity contribution in [3.63, 3.8) is 0 Å². The smallest absolute Gasteiger partial charge is 0.265 e. The Bertz CT molecular complexity index is 608. The van der Waals surface area contributed by atoms with Gasteiger partial charge in [0.1, 0.15) is 11.5 Å². The van der Waals surface area contributed by atoms with Gasteiger partial charge >= 0.3 is 0 Å². The zero-order valence-electron chi connectivity index (χ0n) is 12.4. The van der Waals surface area contributed by atoms with Crippen LogP contribution in [0.3, 0.4) is 0 Å². The molecule has 2 aromatic carbocycles. The van der Waals surface area contributed by atoms with E-state index < -0.39 is 6.10 Å². The van der Waals surface area contributed by atoms with Gasteiger partial charge in [-0.15, -0.1) is 0 Å². The Kier molecular flexibility index (Phi) is 4.82. The topological polar surface area (TPSA) is 47.6 Å². The molecule has 0 heterocycles. The fourth-order valence-corrected chi connectivity index (χ4v) is 1.81. The number of amides is 1. The molecule has 1 amide bonds. The van der Waals surface area contributed by atoms with Gasteiger partial charge in [-0.05, 0) is 38.1 Å². The van der Waals surface area contributed by atoms with Gasteiger partial charge in [-0.2, -0.15) is 0 Å². The highest BCUT2D eigenvalue weighted by atomic mass is 16.5. The molecule has 0 bridgehead atoms. The second-order valence-electron chi connectivity index (χ2n) is 4.79. The van der Waals surface area contributed by atoms with Gasteiger partial charge in [0.15, 0.2) is 6.10 Å². The van der Waals surface area contributed by atoms with Gasteiger partial charge in [-0.3, -0.25) is 4.79 Å². The first-order valence-electron chi connectivity index (χ1n) is 6.77. The summed E-state index contributed by atoms with van der Waals surface area (Å²) in [4.78, 5) is 12.1. The molecule has 0 aliphatic carbocycles. The first-order chi connectivity index (χ1) is 10.1. The summed E-state index contributed by atoms with van der Waals surface area (Å²) < 4.78 is 10.7. The molecule has 0 aliphatic heterocycles. The van der Waals surface area contributed by atoms with Crippen LogP contribution in [-0.2, 0) is 4.79 Å². The molecule has 21 heavy (non-hydrogen) atoms. The third kappa shape index (κ3) is 4.24. The van der Waals surface area contributed by atoms with Gasteiger partial charge in [-0.1, -0.05) is 23.8 Å². The van der Waals surface area contributed by atoms with Crippen molar-refractivity contribution in [3.05, 3.63) is 54.1 Å². The lowest BCUT2D eigenvalue weighted by atomic mass is 10.2. The number of methoxy groups -OCH3 is 1. The summed E-state index contributed by atoms with van der Waals surface area (Å²) in [6, 6.07) is 14.8. The maximum atomic E-state index is 12.1. The number of rotatable bonds is 5. The summed E-state index contributed by atoms with van der Waals surface area (Å²) >= 11 is 0. The largest absolute Gasteiger partial charge is 0.497 e. The van der Waals surface area contributed by atoms with Crippen LogP contribution >= 0.6 is 0 Å². The number of hydrogen-bond acceptors (Lipinski definition) is 3. The van der Waals surface area contributed by atoms with Crippen LogP contribution < -0.4 is 14.8 Å². The molecule has 2 rings (SSSR count). The number of nitrogens with one attached hydrogen (secondary N) is 1. The number of carbonyl (C=O) groups excluding carboxylic acids is 1. The summed E-state index contributed by atoms with van der Waals surface area (Å²) in [6.07, 6.45) is -0.599. The Morgan fingerprint density at radius 2 is 1.76 bits per heavy atom. The van der Waals surface area contributed by atoms with Gasteiger partial charge in [0.05, 0.1) is 7.11 Å². The van der Waals surface area contributed by atoms with E-state index in [2.05, 4.69) is 5.32 Å². The molecule has 0 radical (unpaired) electrons. The van der Waals surface area contributed by atoms with E-state index in [4.69, 9.17) is 9.47 Å². The lowest BCUT2D eigenvalue weighted by Crippen LogP contribution is -2.30. The average molecular weight is 285 g/mol. The minimum Gasteiger partial charge on any atom is -0.497 e. The highest BCUT2D eigenvalue weighted by Crippen LogP contribution is 2.20. The van der Waals surface area contributed by atoms with Gasteiger partial charge in [0.25, 0.3) is 5.91 Å². The number of benzene rings is 2. The zero-order valence-corrected chi connectivity index (χ0v) is 12.4. The summed E-state index contributed by atoms with van der Waals surface area (Å²) in [6.45, 7) is 3.71. The van der Waals surface area contributed by atoms with E-state index >= 15 is 0 Å². The quantitative estimate of drug-likeness (QED) is 0.915. The molecule has 0 saturated carbocycles. The molecular weight excluding hydrogens is 266 g/mol. The first kappa shape index (κ1) is 14.9. The van der Waals surface area contributed by atoms with Crippen molar-refractivity contribution in [2.75, 3.05) is 12.4 Å². The molecule has 0 aliphatic rings. The summed E-state index contributed by atoms with van der Waals surface area (Å²) in [5.41, 5.74) is 1.90. The predicted octanol–water partition coefficient (Wildman–Crippen LogP) is 3.41. The maximum Gasteiger partial charge on any atom is 0.265 e. The Morgan fingerprint density at radius 3 is 2.43 bits per heavy atom. The Balaban J connectivity index is 1.97. The summed E-state index contributed by atoms with van der Waals surface area (Å²) in [5, 5.41) is 2.82. The van der Waals surface area contributed by atoms with E-state index in [1.807, 2.05) is 43.3 Å². The van der Waals surface area contributed by atoms with Crippen LogP contribution in [0.2, 0.25) is 0 Å². The van der Waals surface area contributed by atoms with Crippen molar-refractivity contribution in [2.24, 2.45) is 0 Å². The minimum atomic E-state index is -0.599. The van der Waals surface area contributed by atoms with Gasteiger partial charge in [-0.25, -0.2) is 0 Å². The zero-order chi connectivity index (χ0) is 15.2. The normalized spacial score (nSPS) is 11.6. The molecular formula is C17H19NO3. The standard InChI is InChI=1S/C17H19NO3/c1-12-7-9-14(10-8-12)18-17(19)13(2)21-16-6-4-5-15(11-16)20-3/h4-11,13H,1-3H3,(H,18,19)/t13-/m0/s1. The third-order valence-electron chi connectivity index (χ3n) is 3.04. The van der Waals surface area contributed by atoms with E-state index in [9.17, 15) is 4.79 Å². The van der Waals surface area contributed by atoms with Crippen molar-refractivity contribution in [2.45, 2.75) is 20.0 Å². The van der Waals surface area contributed by atoms with Crippen LogP contribution in [0.15, 0.2) is 48.5 Å². The van der Waals surface area contributed by atoms with Crippen LogP contribution in [0.4, 0.5) is 5.69 Å². The van der Waals surface area contributed by atoms with Crippen LogP contribution in [0.5, 0.6) is 11.5 Å². The molecule has 1 atom stereocenters. The lowest BCUT2D eigenvalue weighted by molar-refractivity contribution is -0.122.